The molecule has 0 atom stereocenters. The second-order valence-electron chi connectivity index (χ2n) is 4.56. The monoisotopic (exact) mass is 249 g/mol. The number of rotatable bonds is 4. The Kier molecular flexibility index (Phi) is 3.52. The second-order valence-corrected chi connectivity index (χ2v) is 5.90. The van der Waals surface area contributed by atoms with Crippen LogP contribution in [-0.2, 0) is 6.54 Å². The number of aryl methyl sites for hydroxylation is 2. The number of aromatic nitrogens is 2. The molecule has 0 radical (unpaired) electrons. The maximum atomic E-state index is 4.34. The van der Waals surface area contributed by atoms with Gasteiger partial charge in [0.25, 0.3) is 0 Å². The van der Waals surface area contributed by atoms with Crippen LogP contribution in [0.1, 0.15) is 35.2 Å². The van der Waals surface area contributed by atoms with Crippen molar-refractivity contribution in [3.63, 3.8) is 0 Å². The Morgan fingerprint density at radius 3 is 2.76 bits per heavy atom. The molecule has 0 aliphatic heterocycles. The lowest BCUT2D eigenvalue weighted by Gasteiger charge is -2.12. The van der Waals surface area contributed by atoms with Gasteiger partial charge in [0.05, 0.1) is 6.54 Å². The van der Waals surface area contributed by atoms with Crippen molar-refractivity contribution < 1.29 is 0 Å². The molecule has 92 valence electrons. The van der Waals surface area contributed by atoms with Crippen LogP contribution in [0.5, 0.6) is 0 Å². The summed E-state index contributed by atoms with van der Waals surface area (Å²) in [6, 6.07) is 2.68. The molecular formula is C13H19N3S. The van der Waals surface area contributed by atoms with Gasteiger partial charge in [-0.1, -0.05) is 0 Å². The number of hydrogen-bond acceptors (Lipinski definition) is 3. The third-order valence-corrected chi connectivity index (χ3v) is 4.02. The van der Waals surface area contributed by atoms with E-state index in [1.807, 2.05) is 23.7 Å². The summed E-state index contributed by atoms with van der Waals surface area (Å²) < 4.78 is 2.15. The number of thiophene rings is 1. The summed E-state index contributed by atoms with van der Waals surface area (Å²) in [5.41, 5.74) is 1.37. The molecular weight excluding hydrogens is 230 g/mol. The second kappa shape index (κ2) is 4.92. The average Bonchev–Trinajstić information content (AvgIpc) is 2.83. The Bertz CT molecular complexity index is 477. The van der Waals surface area contributed by atoms with E-state index in [2.05, 4.69) is 48.6 Å². The summed E-state index contributed by atoms with van der Waals surface area (Å²) in [5, 5.41) is 3.39. The first-order valence-corrected chi connectivity index (χ1v) is 6.72. The number of imidazole rings is 1. The Morgan fingerprint density at radius 1 is 1.41 bits per heavy atom. The molecule has 0 bridgehead atoms. The van der Waals surface area contributed by atoms with Crippen molar-refractivity contribution in [2.45, 2.75) is 40.3 Å². The van der Waals surface area contributed by atoms with Crippen molar-refractivity contribution in [1.82, 2.24) is 9.55 Å². The van der Waals surface area contributed by atoms with E-state index in [-0.39, 0.29) is 0 Å². The minimum Gasteiger partial charge on any atom is -0.351 e. The van der Waals surface area contributed by atoms with Crippen molar-refractivity contribution >= 4 is 17.3 Å². The lowest BCUT2D eigenvalue weighted by Crippen LogP contribution is -2.08. The van der Waals surface area contributed by atoms with Gasteiger partial charge in [-0.15, -0.1) is 11.3 Å². The quantitative estimate of drug-likeness (QED) is 0.894. The van der Waals surface area contributed by atoms with Gasteiger partial charge in [0.15, 0.2) is 0 Å². The molecule has 1 N–H and O–H groups in total. The maximum absolute atomic E-state index is 4.34. The fraction of sp³-hybridized carbons (Fsp3) is 0.462. The third kappa shape index (κ3) is 2.69. The average molecular weight is 249 g/mol. The highest BCUT2D eigenvalue weighted by Crippen LogP contribution is 2.22. The smallest absolute Gasteiger partial charge is 0.203 e. The molecule has 0 amide bonds. The SMILES string of the molecule is Cc1cc(CNc2nccn2C(C)C)sc1C. The first-order valence-electron chi connectivity index (χ1n) is 5.90. The molecule has 0 saturated carbocycles. The van der Waals surface area contributed by atoms with Crippen LogP contribution >= 0.6 is 11.3 Å². The van der Waals surface area contributed by atoms with Gasteiger partial charge in [0.2, 0.25) is 5.95 Å². The maximum Gasteiger partial charge on any atom is 0.203 e. The molecule has 0 spiro atoms. The van der Waals surface area contributed by atoms with Gasteiger partial charge < -0.3 is 9.88 Å². The molecule has 2 aromatic rings. The van der Waals surface area contributed by atoms with Crippen molar-refractivity contribution in [2.24, 2.45) is 0 Å². The van der Waals surface area contributed by atoms with Crippen LogP contribution in [-0.4, -0.2) is 9.55 Å². The van der Waals surface area contributed by atoms with Crippen molar-refractivity contribution in [1.29, 1.82) is 0 Å². The van der Waals surface area contributed by atoms with Crippen LogP contribution in [0.4, 0.5) is 5.95 Å². The van der Waals surface area contributed by atoms with E-state index in [1.165, 1.54) is 15.3 Å². The fourth-order valence-electron chi connectivity index (χ4n) is 1.77. The molecule has 3 nitrogen and oxygen atoms in total. The summed E-state index contributed by atoms with van der Waals surface area (Å²) in [7, 11) is 0. The highest BCUT2D eigenvalue weighted by atomic mass is 32.1. The Morgan fingerprint density at radius 2 is 2.18 bits per heavy atom. The first kappa shape index (κ1) is 12.2. The van der Waals surface area contributed by atoms with E-state index >= 15 is 0 Å². The number of nitrogens with zero attached hydrogens (tertiary/aromatic N) is 2. The minimum absolute atomic E-state index is 0.437. The minimum atomic E-state index is 0.437. The zero-order chi connectivity index (χ0) is 12.4. The predicted molar refractivity (Wildman–Crippen MR) is 73.7 cm³/mol. The van der Waals surface area contributed by atoms with Crippen molar-refractivity contribution in [2.75, 3.05) is 5.32 Å². The Balaban J connectivity index is 2.04. The normalized spacial score (nSPS) is 11.1. The molecule has 2 heterocycles. The predicted octanol–water partition coefficient (Wildman–Crippen LogP) is 3.75. The molecule has 0 fully saturated rings. The standard InChI is InChI=1S/C13H19N3S/c1-9(2)16-6-5-14-13(16)15-8-12-7-10(3)11(4)17-12/h5-7,9H,8H2,1-4H3,(H,14,15). The molecule has 0 aliphatic rings. The van der Waals surface area contributed by atoms with E-state index in [9.17, 15) is 0 Å². The number of nitrogens with one attached hydrogen (secondary N) is 1. The topological polar surface area (TPSA) is 29.9 Å². The third-order valence-electron chi connectivity index (χ3n) is 2.86. The summed E-state index contributed by atoms with van der Waals surface area (Å²) in [5.74, 6) is 0.948. The molecule has 2 rings (SSSR count). The Hall–Kier alpha value is -1.29. The summed E-state index contributed by atoms with van der Waals surface area (Å²) >= 11 is 1.85. The van der Waals surface area contributed by atoms with Crippen LogP contribution in [0, 0.1) is 13.8 Å². The molecule has 2 aromatic heterocycles. The van der Waals surface area contributed by atoms with Crippen molar-refractivity contribution in [3.05, 3.63) is 33.8 Å². The van der Waals surface area contributed by atoms with Crippen LogP contribution in [0.15, 0.2) is 18.5 Å². The van der Waals surface area contributed by atoms with Gasteiger partial charge in [-0.05, 0) is 39.3 Å². The van der Waals surface area contributed by atoms with Crippen LogP contribution in [0.25, 0.3) is 0 Å². The number of anilines is 1. The summed E-state index contributed by atoms with van der Waals surface area (Å²) in [6.45, 7) is 9.49. The molecule has 0 unspecified atom stereocenters. The number of hydrogen-bond donors (Lipinski definition) is 1. The van der Waals surface area contributed by atoms with Gasteiger partial charge in [-0.25, -0.2) is 4.98 Å². The fourth-order valence-corrected chi connectivity index (χ4v) is 2.76. The highest BCUT2D eigenvalue weighted by Gasteiger charge is 2.06. The van der Waals surface area contributed by atoms with E-state index in [0.717, 1.165) is 12.5 Å². The van der Waals surface area contributed by atoms with Gasteiger partial charge in [0, 0.05) is 28.2 Å². The zero-order valence-corrected chi connectivity index (χ0v) is 11.6. The van der Waals surface area contributed by atoms with Gasteiger partial charge in [0.1, 0.15) is 0 Å². The summed E-state index contributed by atoms with van der Waals surface area (Å²) in [4.78, 5) is 7.09. The van der Waals surface area contributed by atoms with Gasteiger partial charge >= 0.3 is 0 Å². The van der Waals surface area contributed by atoms with Gasteiger partial charge in [-0.3, -0.25) is 0 Å². The van der Waals surface area contributed by atoms with E-state index < -0.39 is 0 Å². The van der Waals surface area contributed by atoms with E-state index in [0.29, 0.717) is 6.04 Å². The lowest BCUT2D eigenvalue weighted by atomic mass is 10.3. The van der Waals surface area contributed by atoms with E-state index in [4.69, 9.17) is 0 Å². The first-order chi connectivity index (χ1) is 8.08. The Labute approximate surface area is 107 Å². The molecule has 0 saturated heterocycles. The molecule has 0 aliphatic carbocycles. The lowest BCUT2D eigenvalue weighted by molar-refractivity contribution is 0.605. The highest BCUT2D eigenvalue weighted by molar-refractivity contribution is 7.12. The van der Waals surface area contributed by atoms with Crippen molar-refractivity contribution in [3.8, 4) is 0 Å². The summed E-state index contributed by atoms with van der Waals surface area (Å²) in [6.07, 6.45) is 3.85. The van der Waals surface area contributed by atoms with Gasteiger partial charge in [-0.2, -0.15) is 0 Å². The molecule has 4 heteroatoms. The van der Waals surface area contributed by atoms with E-state index in [1.54, 1.807) is 0 Å². The molecule has 17 heavy (non-hydrogen) atoms. The van der Waals surface area contributed by atoms with Crippen LogP contribution < -0.4 is 5.32 Å². The van der Waals surface area contributed by atoms with Crippen LogP contribution in [0.2, 0.25) is 0 Å². The zero-order valence-electron chi connectivity index (χ0n) is 10.8. The van der Waals surface area contributed by atoms with Crippen LogP contribution in [0.3, 0.4) is 0 Å². The molecule has 0 aromatic carbocycles. The largest absolute Gasteiger partial charge is 0.351 e.